The summed E-state index contributed by atoms with van der Waals surface area (Å²) in [6.07, 6.45) is -1.74. The number of benzene rings is 1. The fourth-order valence-electron chi connectivity index (χ4n) is 5.09. The molecule has 0 spiro atoms. The number of carbonyl (C=O) groups is 3. The van der Waals surface area contributed by atoms with Gasteiger partial charge in [-0.05, 0) is 38.0 Å². The van der Waals surface area contributed by atoms with Gasteiger partial charge in [0.15, 0.2) is 0 Å². The number of fused-ring (bicyclic) bond motifs is 1. The monoisotopic (exact) mass is 570 g/mol. The molecule has 0 bridgehead atoms. The number of ether oxygens (including phenoxy) is 1. The van der Waals surface area contributed by atoms with Gasteiger partial charge in [-0.1, -0.05) is 26.2 Å². The molecule has 9 nitrogen and oxygen atoms in total. The molecule has 1 aromatic rings. The van der Waals surface area contributed by atoms with E-state index >= 15 is 0 Å². The van der Waals surface area contributed by atoms with E-state index in [2.05, 4.69) is 10.6 Å². The summed E-state index contributed by atoms with van der Waals surface area (Å²) in [5.41, 5.74) is 0.694. The number of carbonyl (C=O) groups excluding carboxylic acids is 3. The second-order valence-corrected chi connectivity index (χ2v) is 11.0. The smallest absolute Gasteiger partial charge is 0.389 e. The van der Waals surface area contributed by atoms with Gasteiger partial charge in [0.2, 0.25) is 11.8 Å². The fourth-order valence-corrected chi connectivity index (χ4v) is 5.09. The summed E-state index contributed by atoms with van der Waals surface area (Å²) in [6, 6.07) is 4.10. The van der Waals surface area contributed by atoms with E-state index < -0.39 is 37.1 Å². The maximum absolute atomic E-state index is 13.3. The lowest BCUT2D eigenvalue weighted by atomic mass is 9.96. The number of halogens is 3. The molecule has 2 aliphatic rings. The van der Waals surface area contributed by atoms with Crippen LogP contribution in [0.4, 0.5) is 23.7 Å². The lowest BCUT2D eigenvalue weighted by Crippen LogP contribution is -2.50. The number of aliphatic hydroxyl groups excluding tert-OH is 1. The van der Waals surface area contributed by atoms with Crippen LogP contribution in [0.3, 0.4) is 0 Å². The van der Waals surface area contributed by atoms with E-state index in [0.29, 0.717) is 17.9 Å². The molecule has 1 heterocycles. The Labute approximate surface area is 233 Å². The maximum Gasteiger partial charge on any atom is 0.389 e. The molecule has 40 heavy (non-hydrogen) atoms. The average molecular weight is 571 g/mol. The summed E-state index contributed by atoms with van der Waals surface area (Å²) in [7, 11) is 1.70. The highest BCUT2D eigenvalue weighted by Gasteiger charge is 2.32. The Bertz CT molecular complexity index is 1030. The first-order valence-corrected chi connectivity index (χ1v) is 13.9. The van der Waals surface area contributed by atoms with Crippen molar-refractivity contribution in [2.75, 3.05) is 32.1 Å². The second kappa shape index (κ2) is 14.0. The van der Waals surface area contributed by atoms with E-state index in [9.17, 15) is 32.7 Å². The van der Waals surface area contributed by atoms with Crippen LogP contribution in [0.15, 0.2) is 18.2 Å². The van der Waals surface area contributed by atoms with Gasteiger partial charge in [-0.2, -0.15) is 13.2 Å². The molecule has 1 aliphatic heterocycles. The van der Waals surface area contributed by atoms with Crippen LogP contribution in [0, 0.1) is 5.92 Å². The number of aliphatic hydroxyl groups is 1. The number of nitrogens with one attached hydrogen (secondary N) is 2. The Balaban J connectivity index is 1.81. The minimum atomic E-state index is -4.44. The highest BCUT2D eigenvalue weighted by Crippen LogP contribution is 2.30. The van der Waals surface area contributed by atoms with Crippen molar-refractivity contribution in [1.82, 2.24) is 15.1 Å². The van der Waals surface area contributed by atoms with Crippen molar-refractivity contribution < 1.29 is 37.4 Å². The largest absolute Gasteiger partial charge is 0.488 e. The van der Waals surface area contributed by atoms with Gasteiger partial charge in [0.1, 0.15) is 11.9 Å². The van der Waals surface area contributed by atoms with Gasteiger partial charge in [0.05, 0.1) is 32.0 Å². The Morgan fingerprint density at radius 2 is 1.93 bits per heavy atom. The van der Waals surface area contributed by atoms with E-state index in [4.69, 9.17) is 4.74 Å². The molecule has 12 heteroatoms. The molecule has 1 fully saturated rings. The van der Waals surface area contributed by atoms with Crippen molar-refractivity contribution >= 4 is 23.5 Å². The molecule has 0 aromatic heterocycles. The van der Waals surface area contributed by atoms with Gasteiger partial charge in [0, 0.05) is 43.2 Å². The summed E-state index contributed by atoms with van der Waals surface area (Å²) < 4.78 is 43.9. The van der Waals surface area contributed by atoms with Crippen LogP contribution in [-0.4, -0.2) is 83.9 Å². The first-order valence-electron chi connectivity index (χ1n) is 13.9. The molecule has 3 rings (SSSR count). The summed E-state index contributed by atoms with van der Waals surface area (Å²) in [5.74, 6) is -0.878. The first-order chi connectivity index (χ1) is 18.9. The zero-order chi connectivity index (χ0) is 29.4. The van der Waals surface area contributed by atoms with E-state index in [1.54, 1.807) is 29.8 Å². The third kappa shape index (κ3) is 9.28. The van der Waals surface area contributed by atoms with Gasteiger partial charge in [0.25, 0.3) is 0 Å². The Hall–Kier alpha value is -3.02. The van der Waals surface area contributed by atoms with E-state index in [1.165, 1.54) is 18.6 Å². The number of hydrogen-bond acceptors (Lipinski definition) is 5. The minimum Gasteiger partial charge on any atom is -0.488 e. The third-order valence-corrected chi connectivity index (χ3v) is 7.57. The molecule has 0 saturated heterocycles. The van der Waals surface area contributed by atoms with Gasteiger partial charge in [-0.3, -0.25) is 9.59 Å². The zero-order valence-electron chi connectivity index (χ0n) is 23.4. The normalized spacial score (nSPS) is 21.3. The SMILES string of the molecule is C[C@@H]1CN([C@H](C)CO)C(=O)Cc2cc(NC(=O)CCC(F)(F)F)ccc2O[C@H]1CN(C)C(=O)NC1CCCCC1. The first kappa shape index (κ1) is 31.5. The predicted molar refractivity (Wildman–Crippen MR) is 144 cm³/mol. The number of nitrogens with zero attached hydrogens (tertiary/aromatic N) is 2. The van der Waals surface area contributed by atoms with Gasteiger partial charge in [-0.15, -0.1) is 0 Å². The van der Waals surface area contributed by atoms with E-state index in [1.807, 2.05) is 6.92 Å². The predicted octanol–water partition coefficient (Wildman–Crippen LogP) is 4.09. The summed E-state index contributed by atoms with van der Waals surface area (Å²) in [5, 5.41) is 15.4. The molecule has 3 atom stereocenters. The number of hydrogen-bond donors (Lipinski definition) is 3. The number of urea groups is 1. The molecule has 0 radical (unpaired) electrons. The molecule has 1 saturated carbocycles. The highest BCUT2D eigenvalue weighted by atomic mass is 19.4. The van der Waals surface area contributed by atoms with Gasteiger partial charge in [-0.25, -0.2) is 4.79 Å². The van der Waals surface area contributed by atoms with Crippen molar-refractivity contribution in [1.29, 1.82) is 0 Å². The summed E-state index contributed by atoms with van der Waals surface area (Å²) in [6.45, 7) is 3.95. The summed E-state index contributed by atoms with van der Waals surface area (Å²) in [4.78, 5) is 41.5. The molecule has 224 valence electrons. The Morgan fingerprint density at radius 1 is 1.23 bits per heavy atom. The molecule has 1 aliphatic carbocycles. The van der Waals surface area contributed by atoms with Crippen LogP contribution < -0.4 is 15.4 Å². The lowest BCUT2D eigenvalue weighted by molar-refractivity contribution is -0.142. The van der Waals surface area contributed by atoms with Crippen LogP contribution in [0.5, 0.6) is 5.75 Å². The molecule has 3 N–H and O–H groups in total. The molecular formula is C28H41F3N4O5. The van der Waals surface area contributed by atoms with Crippen molar-refractivity contribution in [3.05, 3.63) is 23.8 Å². The highest BCUT2D eigenvalue weighted by molar-refractivity contribution is 5.91. The average Bonchev–Trinajstić information content (AvgIpc) is 2.94. The van der Waals surface area contributed by atoms with E-state index in [-0.39, 0.29) is 49.2 Å². The number of rotatable bonds is 8. The molecular weight excluding hydrogens is 529 g/mol. The maximum atomic E-state index is 13.3. The van der Waals surface area contributed by atoms with Crippen molar-refractivity contribution in [2.24, 2.45) is 5.92 Å². The number of anilines is 1. The Morgan fingerprint density at radius 3 is 2.58 bits per heavy atom. The van der Waals surface area contributed by atoms with Crippen LogP contribution in [0.25, 0.3) is 0 Å². The number of likely N-dealkylation sites (N-methyl/N-ethyl adjacent to an activating group) is 1. The topological polar surface area (TPSA) is 111 Å². The zero-order valence-corrected chi connectivity index (χ0v) is 23.4. The van der Waals surface area contributed by atoms with Crippen LogP contribution in [0.1, 0.15) is 64.4 Å². The van der Waals surface area contributed by atoms with Crippen LogP contribution in [0.2, 0.25) is 0 Å². The summed E-state index contributed by atoms with van der Waals surface area (Å²) >= 11 is 0. The van der Waals surface area contributed by atoms with Gasteiger partial charge < -0.3 is 30.3 Å². The second-order valence-electron chi connectivity index (χ2n) is 11.0. The van der Waals surface area contributed by atoms with Crippen molar-refractivity contribution in [3.63, 3.8) is 0 Å². The standard InChI is InChI=1S/C28H41F3N4O5/c1-18-15-35(19(2)17-36)26(38)14-20-13-22(32-25(37)11-12-28(29,30)31)9-10-23(20)40-24(18)16-34(3)27(39)33-21-7-5-4-6-8-21/h9-10,13,18-19,21,24,36H,4-8,11-12,14-17H2,1-3H3,(H,32,37)(H,33,39)/t18-,19-,24+/m1/s1. The molecule has 4 amide bonds. The van der Waals surface area contributed by atoms with Crippen LogP contribution in [-0.2, 0) is 16.0 Å². The quantitative estimate of drug-likeness (QED) is 0.436. The lowest BCUT2D eigenvalue weighted by Gasteiger charge is -2.34. The molecule has 0 unspecified atom stereocenters. The molecule has 1 aromatic carbocycles. The van der Waals surface area contributed by atoms with Crippen molar-refractivity contribution in [2.45, 2.75) is 89.6 Å². The fraction of sp³-hybridized carbons (Fsp3) is 0.679. The number of amides is 4. The minimum absolute atomic E-state index is 0.0939. The Kier molecular flexibility index (Phi) is 11.1. The van der Waals surface area contributed by atoms with E-state index in [0.717, 1.165) is 25.7 Å². The van der Waals surface area contributed by atoms with Gasteiger partial charge >= 0.3 is 12.2 Å². The number of alkyl halides is 3. The van der Waals surface area contributed by atoms with Crippen molar-refractivity contribution in [3.8, 4) is 5.75 Å². The van der Waals surface area contributed by atoms with Crippen LogP contribution >= 0.6 is 0 Å². The third-order valence-electron chi connectivity index (χ3n) is 7.57.